The predicted octanol–water partition coefficient (Wildman–Crippen LogP) is 3.75. The van der Waals surface area contributed by atoms with Gasteiger partial charge in [0.2, 0.25) is 0 Å². The van der Waals surface area contributed by atoms with Gasteiger partial charge in [-0.25, -0.2) is 9.67 Å². The predicted molar refractivity (Wildman–Crippen MR) is 99.0 cm³/mol. The summed E-state index contributed by atoms with van der Waals surface area (Å²) in [5.74, 6) is -0.0113. The van der Waals surface area contributed by atoms with E-state index < -0.39 is 0 Å². The van der Waals surface area contributed by atoms with E-state index in [4.69, 9.17) is 0 Å². The van der Waals surface area contributed by atoms with Gasteiger partial charge in [0, 0.05) is 30.9 Å². The minimum atomic E-state index is -0.0113. The molecular weight excluding hydrogens is 332 g/mol. The number of thiazole rings is 1. The summed E-state index contributed by atoms with van der Waals surface area (Å²) in [6.45, 7) is 0.506. The fraction of sp³-hybridized carbons (Fsp3) is 0.105. The van der Waals surface area contributed by atoms with Gasteiger partial charge in [-0.1, -0.05) is 18.2 Å². The van der Waals surface area contributed by atoms with Gasteiger partial charge in [-0.05, 0) is 30.3 Å². The van der Waals surface area contributed by atoms with Crippen LogP contribution in [-0.4, -0.2) is 32.6 Å². The molecule has 1 amide bonds. The van der Waals surface area contributed by atoms with Crippen molar-refractivity contribution in [1.82, 2.24) is 19.7 Å². The summed E-state index contributed by atoms with van der Waals surface area (Å²) < 4.78 is 2.84. The Morgan fingerprint density at radius 1 is 1.20 bits per heavy atom. The van der Waals surface area contributed by atoms with Crippen LogP contribution in [0.15, 0.2) is 66.4 Å². The molecule has 5 nitrogen and oxygen atoms in total. The Bertz CT molecular complexity index is 1020. The van der Waals surface area contributed by atoms with Crippen LogP contribution in [0.1, 0.15) is 15.9 Å². The molecule has 0 fully saturated rings. The fourth-order valence-electron chi connectivity index (χ4n) is 2.72. The molecule has 0 atom stereocenters. The molecule has 0 unspecified atom stereocenters. The van der Waals surface area contributed by atoms with Crippen molar-refractivity contribution in [2.75, 3.05) is 7.05 Å². The summed E-state index contributed by atoms with van der Waals surface area (Å²) in [5, 5.41) is 4.38. The van der Waals surface area contributed by atoms with Gasteiger partial charge in [0.1, 0.15) is 0 Å². The third-order valence-corrected chi connectivity index (χ3v) is 4.79. The van der Waals surface area contributed by atoms with Gasteiger partial charge >= 0.3 is 0 Å². The molecule has 0 saturated carbocycles. The monoisotopic (exact) mass is 348 g/mol. The van der Waals surface area contributed by atoms with Gasteiger partial charge in [0.25, 0.3) is 5.91 Å². The van der Waals surface area contributed by atoms with Crippen LogP contribution in [0.3, 0.4) is 0 Å². The highest BCUT2D eigenvalue weighted by atomic mass is 32.1. The Labute approximate surface area is 149 Å². The first-order chi connectivity index (χ1) is 12.2. The van der Waals surface area contributed by atoms with E-state index in [9.17, 15) is 4.79 Å². The maximum Gasteiger partial charge on any atom is 0.253 e. The molecule has 0 saturated heterocycles. The second kappa shape index (κ2) is 6.49. The number of carbonyl (C=O) groups excluding carboxylic acids is 1. The minimum Gasteiger partial charge on any atom is -0.337 e. The molecule has 6 heteroatoms. The second-order valence-corrected chi connectivity index (χ2v) is 6.71. The number of fused-ring (bicyclic) bond motifs is 1. The van der Waals surface area contributed by atoms with E-state index in [2.05, 4.69) is 10.1 Å². The molecule has 124 valence electrons. The zero-order valence-electron chi connectivity index (χ0n) is 13.7. The normalized spacial score (nSPS) is 10.9. The topological polar surface area (TPSA) is 51.0 Å². The van der Waals surface area contributed by atoms with E-state index in [1.165, 1.54) is 0 Å². The molecule has 2 heterocycles. The lowest BCUT2D eigenvalue weighted by atomic mass is 10.2. The lowest BCUT2D eigenvalue weighted by molar-refractivity contribution is 0.0785. The first kappa shape index (κ1) is 15.5. The summed E-state index contributed by atoms with van der Waals surface area (Å²) >= 11 is 1.54. The van der Waals surface area contributed by atoms with Crippen LogP contribution in [0.2, 0.25) is 0 Å². The number of benzene rings is 2. The lowest BCUT2D eigenvalue weighted by Crippen LogP contribution is -2.25. The maximum absolute atomic E-state index is 12.7. The molecule has 0 aliphatic carbocycles. The van der Waals surface area contributed by atoms with Gasteiger partial charge in [-0.15, -0.1) is 11.3 Å². The fourth-order valence-corrected chi connectivity index (χ4v) is 3.43. The van der Waals surface area contributed by atoms with Gasteiger partial charge < -0.3 is 4.90 Å². The molecular formula is C19H16N4OS. The Hall–Kier alpha value is -2.99. The van der Waals surface area contributed by atoms with Gasteiger partial charge in [0.05, 0.1) is 27.6 Å². The van der Waals surface area contributed by atoms with E-state index in [0.717, 1.165) is 21.5 Å². The van der Waals surface area contributed by atoms with E-state index in [0.29, 0.717) is 12.1 Å². The second-order valence-electron chi connectivity index (χ2n) is 5.82. The van der Waals surface area contributed by atoms with Gasteiger partial charge in [-0.3, -0.25) is 4.79 Å². The van der Waals surface area contributed by atoms with Crippen molar-refractivity contribution in [3.63, 3.8) is 0 Å². The Kier molecular flexibility index (Phi) is 4.03. The van der Waals surface area contributed by atoms with E-state index in [1.807, 2.05) is 59.4 Å². The molecule has 0 radical (unpaired) electrons. The summed E-state index contributed by atoms with van der Waals surface area (Å²) in [4.78, 5) is 18.6. The minimum absolute atomic E-state index is 0.0113. The molecule has 0 spiro atoms. The third-order valence-electron chi connectivity index (χ3n) is 4.00. The van der Waals surface area contributed by atoms with Crippen LogP contribution in [0, 0.1) is 0 Å². The molecule has 4 rings (SSSR count). The smallest absolute Gasteiger partial charge is 0.253 e. The molecule has 0 bridgehead atoms. The van der Waals surface area contributed by atoms with Crippen LogP contribution in [0.25, 0.3) is 15.9 Å². The number of hydrogen-bond acceptors (Lipinski definition) is 4. The largest absolute Gasteiger partial charge is 0.337 e. The molecule has 0 aliphatic heterocycles. The Morgan fingerprint density at radius 3 is 2.88 bits per heavy atom. The van der Waals surface area contributed by atoms with Crippen molar-refractivity contribution in [3.05, 3.63) is 77.6 Å². The zero-order chi connectivity index (χ0) is 17.2. The van der Waals surface area contributed by atoms with Crippen molar-refractivity contribution in [2.24, 2.45) is 0 Å². The molecule has 0 N–H and O–H groups in total. The quantitative estimate of drug-likeness (QED) is 0.564. The molecule has 2 aromatic heterocycles. The average molecular weight is 348 g/mol. The zero-order valence-corrected chi connectivity index (χ0v) is 14.5. The van der Waals surface area contributed by atoms with Crippen molar-refractivity contribution in [2.45, 2.75) is 6.54 Å². The van der Waals surface area contributed by atoms with Crippen LogP contribution in [0.5, 0.6) is 0 Å². The average Bonchev–Trinajstić information content (AvgIpc) is 3.30. The van der Waals surface area contributed by atoms with Crippen molar-refractivity contribution < 1.29 is 4.79 Å². The van der Waals surface area contributed by atoms with E-state index in [-0.39, 0.29) is 5.91 Å². The summed E-state index contributed by atoms with van der Waals surface area (Å²) in [6, 6.07) is 15.5. The number of carbonyl (C=O) groups is 1. The first-order valence-electron chi connectivity index (χ1n) is 7.88. The third kappa shape index (κ3) is 3.16. The number of aromatic nitrogens is 3. The summed E-state index contributed by atoms with van der Waals surface area (Å²) in [5.41, 5.74) is 5.38. The molecule has 4 aromatic rings. The number of para-hydroxylation sites is 1. The molecule has 2 aromatic carbocycles. The van der Waals surface area contributed by atoms with Gasteiger partial charge in [-0.2, -0.15) is 5.10 Å². The summed E-state index contributed by atoms with van der Waals surface area (Å²) in [6.07, 6.45) is 3.74. The number of nitrogens with zero attached hydrogens (tertiary/aromatic N) is 4. The van der Waals surface area contributed by atoms with Crippen molar-refractivity contribution in [3.8, 4) is 5.69 Å². The number of rotatable bonds is 4. The van der Waals surface area contributed by atoms with Crippen molar-refractivity contribution >= 4 is 27.5 Å². The first-order valence-corrected chi connectivity index (χ1v) is 8.76. The van der Waals surface area contributed by atoms with Crippen molar-refractivity contribution in [1.29, 1.82) is 0 Å². The SMILES string of the molecule is CN(Cc1cnn(-c2ccccc2)c1)C(=O)c1ccc2ncsc2c1. The van der Waals surface area contributed by atoms with E-state index >= 15 is 0 Å². The number of hydrogen-bond donors (Lipinski definition) is 0. The Morgan fingerprint density at radius 2 is 2.04 bits per heavy atom. The lowest BCUT2D eigenvalue weighted by Gasteiger charge is -2.16. The number of amides is 1. The Balaban J connectivity index is 1.50. The van der Waals surface area contributed by atoms with Crippen LogP contribution in [-0.2, 0) is 6.54 Å². The highest BCUT2D eigenvalue weighted by Crippen LogP contribution is 2.20. The highest BCUT2D eigenvalue weighted by Gasteiger charge is 2.14. The van der Waals surface area contributed by atoms with Crippen LogP contribution >= 0.6 is 11.3 Å². The highest BCUT2D eigenvalue weighted by molar-refractivity contribution is 7.16. The molecule has 25 heavy (non-hydrogen) atoms. The summed E-state index contributed by atoms with van der Waals surface area (Å²) in [7, 11) is 1.80. The van der Waals surface area contributed by atoms with E-state index in [1.54, 1.807) is 35.0 Å². The standard InChI is InChI=1S/C19H16N4OS/c1-22(19(24)15-7-8-17-18(9-15)25-13-20-17)11-14-10-21-23(12-14)16-5-3-2-4-6-16/h2-10,12-13H,11H2,1H3. The maximum atomic E-state index is 12.7. The molecule has 0 aliphatic rings. The van der Waals surface area contributed by atoms with Gasteiger partial charge in [0.15, 0.2) is 0 Å². The van der Waals surface area contributed by atoms with Crippen LogP contribution in [0.4, 0.5) is 0 Å². The van der Waals surface area contributed by atoms with Crippen LogP contribution < -0.4 is 0 Å².